The van der Waals surface area contributed by atoms with E-state index in [1.807, 2.05) is 19.1 Å². The van der Waals surface area contributed by atoms with Crippen molar-refractivity contribution < 1.29 is 18.8 Å². The van der Waals surface area contributed by atoms with Crippen LogP contribution in [0.25, 0.3) is 0 Å². The van der Waals surface area contributed by atoms with Gasteiger partial charge in [-0.15, -0.1) is 0 Å². The quantitative estimate of drug-likeness (QED) is 0.658. The van der Waals surface area contributed by atoms with Gasteiger partial charge < -0.3 is 14.9 Å². The highest BCUT2D eigenvalue weighted by Gasteiger charge is 2.41. The number of nitrogens with zero attached hydrogens (tertiary/aromatic N) is 1. The Balaban J connectivity index is 1.61. The van der Waals surface area contributed by atoms with Crippen LogP contribution in [-0.4, -0.2) is 16.0 Å². The van der Waals surface area contributed by atoms with E-state index in [4.69, 9.17) is 4.52 Å². The molecule has 2 aliphatic rings. The molecule has 5 rings (SSSR count). The summed E-state index contributed by atoms with van der Waals surface area (Å²) < 4.78 is 19.0. The molecular formula is C23H19FN2O3. The number of hydrogen-bond acceptors (Lipinski definition) is 5. The molecule has 2 N–H and O–H groups in total. The number of carbonyl (C=O) groups is 1. The Morgan fingerprint density at radius 3 is 2.48 bits per heavy atom. The number of aryl methyl sites for hydroxylation is 1. The van der Waals surface area contributed by atoms with Crippen LogP contribution in [0, 0.1) is 12.7 Å². The molecule has 5 nitrogen and oxygen atoms in total. The topological polar surface area (TPSA) is 75.4 Å². The summed E-state index contributed by atoms with van der Waals surface area (Å²) in [5.74, 6) is 0.147. The van der Waals surface area contributed by atoms with Gasteiger partial charge in [0, 0.05) is 23.6 Å². The molecule has 29 heavy (non-hydrogen) atoms. The molecule has 0 spiro atoms. The molecule has 0 saturated heterocycles. The van der Waals surface area contributed by atoms with E-state index in [-0.39, 0.29) is 29.2 Å². The number of rotatable bonds is 2. The van der Waals surface area contributed by atoms with Gasteiger partial charge in [-0.1, -0.05) is 29.4 Å². The third kappa shape index (κ3) is 2.92. The predicted octanol–water partition coefficient (Wildman–Crippen LogP) is 4.79. The minimum absolute atomic E-state index is 0.00814. The fraction of sp³-hybridized carbons (Fsp3) is 0.217. The van der Waals surface area contributed by atoms with Crippen LogP contribution >= 0.6 is 0 Å². The number of Topliss-reactive ketones (excluding diaryl/α,β-unsaturated/α-hetero) is 1. The minimum atomic E-state index is -0.332. The molecule has 0 radical (unpaired) electrons. The van der Waals surface area contributed by atoms with Gasteiger partial charge in [0.2, 0.25) is 5.88 Å². The number of aromatic hydroxyl groups is 1. The number of fused-ring (bicyclic) bond motifs is 1. The first kappa shape index (κ1) is 17.7. The Morgan fingerprint density at radius 1 is 1.07 bits per heavy atom. The first-order chi connectivity index (χ1) is 14.0. The average Bonchev–Trinajstić information content (AvgIpc) is 3.08. The van der Waals surface area contributed by atoms with E-state index < -0.39 is 0 Å². The second-order valence-electron chi connectivity index (χ2n) is 7.63. The highest BCUT2D eigenvalue weighted by molar-refractivity contribution is 6.01. The number of hydrogen-bond donors (Lipinski definition) is 2. The van der Waals surface area contributed by atoms with E-state index in [1.165, 1.54) is 12.1 Å². The molecule has 0 unspecified atom stereocenters. The summed E-state index contributed by atoms with van der Waals surface area (Å²) in [4.78, 5) is 13.3. The third-order valence-electron chi connectivity index (χ3n) is 5.83. The number of phenolic OH excluding ortho intramolecular Hbond substituents is 1. The fourth-order valence-corrected chi connectivity index (χ4v) is 4.44. The van der Waals surface area contributed by atoms with Crippen molar-refractivity contribution in [2.45, 2.75) is 31.6 Å². The SMILES string of the molecule is Cc1noc2c1[C@H](c1ccc(F)cc1)C1=C(C[C@H](c3ccc(O)cc3)CC1=O)N2. The second kappa shape index (κ2) is 6.58. The maximum absolute atomic E-state index is 13.5. The van der Waals surface area contributed by atoms with Gasteiger partial charge in [-0.2, -0.15) is 0 Å². The summed E-state index contributed by atoms with van der Waals surface area (Å²) in [6.45, 7) is 1.85. The summed E-state index contributed by atoms with van der Waals surface area (Å²) >= 11 is 0. The molecule has 146 valence electrons. The summed E-state index contributed by atoms with van der Waals surface area (Å²) in [5.41, 5.74) is 4.89. The Kier molecular flexibility index (Phi) is 4.01. The number of benzene rings is 2. The Bertz CT molecular complexity index is 1130. The van der Waals surface area contributed by atoms with Crippen LogP contribution in [0.2, 0.25) is 0 Å². The number of halogens is 1. The van der Waals surface area contributed by atoms with Crippen LogP contribution in [0.3, 0.4) is 0 Å². The molecule has 6 heteroatoms. The molecular weight excluding hydrogens is 371 g/mol. The molecule has 1 aromatic heterocycles. The molecule has 2 atom stereocenters. The predicted molar refractivity (Wildman–Crippen MR) is 105 cm³/mol. The number of ketones is 1. The van der Waals surface area contributed by atoms with Gasteiger partial charge >= 0.3 is 0 Å². The number of phenols is 1. The van der Waals surface area contributed by atoms with Gasteiger partial charge in [0.15, 0.2) is 5.78 Å². The number of nitrogens with one attached hydrogen (secondary N) is 1. The molecule has 0 bridgehead atoms. The lowest BCUT2D eigenvalue weighted by molar-refractivity contribution is -0.116. The van der Waals surface area contributed by atoms with Gasteiger partial charge in [0.1, 0.15) is 11.6 Å². The van der Waals surface area contributed by atoms with Crippen molar-refractivity contribution in [1.29, 1.82) is 0 Å². The van der Waals surface area contributed by atoms with Gasteiger partial charge in [-0.05, 0) is 54.7 Å². The first-order valence-corrected chi connectivity index (χ1v) is 9.55. The molecule has 2 heterocycles. The molecule has 1 aliphatic heterocycles. The smallest absolute Gasteiger partial charge is 0.233 e. The van der Waals surface area contributed by atoms with Crippen LogP contribution in [0.15, 0.2) is 64.3 Å². The summed E-state index contributed by atoms with van der Waals surface area (Å²) in [7, 11) is 0. The maximum Gasteiger partial charge on any atom is 0.233 e. The third-order valence-corrected chi connectivity index (χ3v) is 5.83. The summed E-state index contributed by atoms with van der Waals surface area (Å²) in [6, 6.07) is 13.2. The van der Waals surface area contributed by atoms with Crippen LogP contribution in [-0.2, 0) is 4.79 Å². The summed E-state index contributed by atoms with van der Waals surface area (Å²) in [5, 5.41) is 16.9. The van der Waals surface area contributed by atoms with Gasteiger partial charge in [0.25, 0.3) is 0 Å². The Hall–Kier alpha value is -3.41. The van der Waals surface area contributed by atoms with E-state index in [2.05, 4.69) is 10.5 Å². The zero-order chi connectivity index (χ0) is 20.1. The maximum atomic E-state index is 13.5. The average molecular weight is 390 g/mol. The highest BCUT2D eigenvalue weighted by Crippen LogP contribution is 2.49. The van der Waals surface area contributed by atoms with E-state index in [0.717, 1.165) is 22.4 Å². The van der Waals surface area contributed by atoms with Gasteiger partial charge in [-0.25, -0.2) is 4.39 Å². The summed E-state index contributed by atoms with van der Waals surface area (Å²) in [6.07, 6.45) is 1.02. The minimum Gasteiger partial charge on any atom is -0.508 e. The number of carbonyl (C=O) groups excluding carboxylic acids is 1. The first-order valence-electron chi connectivity index (χ1n) is 9.55. The van der Waals surface area contributed by atoms with Crippen molar-refractivity contribution >= 4 is 11.7 Å². The lowest BCUT2D eigenvalue weighted by atomic mass is 9.72. The van der Waals surface area contributed by atoms with E-state index >= 15 is 0 Å². The van der Waals surface area contributed by atoms with E-state index in [0.29, 0.717) is 30.0 Å². The normalized spacial score (nSPS) is 20.8. The molecule has 0 saturated carbocycles. The van der Waals surface area contributed by atoms with Gasteiger partial charge in [-0.3, -0.25) is 4.79 Å². The van der Waals surface area contributed by atoms with Crippen molar-refractivity contribution in [3.63, 3.8) is 0 Å². The second-order valence-corrected chi connectivity index (χ2v) is 7.63. The number of aromatic nitrogens is 1. The molecule has 3 aromatic rings. The van der Waals surface area contributed by atoms with Crippen molar-refractivity contribution in [3.05, 3.63) is 88.0 Å². The van der Waals surface area contributed by atoms with Crippen LogP contribution in [0.4, 0.5) is 10.3 Å². The number of allylic oxidation sites excluding steroid dienone is 2. The van der Waals surface area contributed by atoms with Crippen molar-refractivity contribution in [2.24, 2.45) is 0 Å². The van der Waals surface area contributed by atoms with Crippen LogP contribution in [0.1, 0.15) is 47.1 Å². The zero-order valence-corrected chi connectivity index (χ0v) is 15.8. The highest BCUT2D eigenvalue weighted by atomic mass is 19.1. The van der Waals surface area contributed by atoms with Crippen LogP contribution < -0.4 is 5.32 Å². The van der Waals surface area contributed by atoms with E-state index in [9.17, 15) is 14.3 Å². The van der Waals surface area contributed by atoms with Crippen LogP contribution in [0.5, 0.6) is 5.75 Å². The monoisotopic (exact) mass is 390 g/mol. The number of anilines is 1. The standard InChI is InChI=1S/C23H19FN2O3/c1-12-20-21(14-2-6-16(24)7-3-14)22-18(25-23(20)29-26-12)10-15(11-19(22)28)13-4-8-17(27)9-5-13/h2-9,15,21,25,27H,10-11H2,1H3/t15-,21-/m0/s1. The lowest BCUT2D eigenvalue weighted by Gasteiger charge is -2.34. The van der Waals surface area contributed by atoms with E-state index in [1.54, 1.807) is 24.3 Å². The fourth-order valence-electron chi connectivity index (χ4n) is 4.44. The molecule has 1 aliphatic carbocycles. The lowest BCUT2D eigenvalue weighted by Crippen LogP contribution is -2.29. The molecule has 0 amide bonds. The Morgan fingerprint density at radius 2 is 1.76 bits per heavy atom. The van der Waals surface area contributed by atoms with Crippen molar-refractivity contribution in [1.82, 2.24) is 5.16 Å². The molecule has 0 fully saturated rings. The Labute approximate surface area is 166 Å². The molecule has 2 aromatic carbocycles. The largest absolute Gasteiger partial charge is 0.508 e. The van der Waals surface area contributed by atoms with Gasteiger partial charge in [0.05, 0.1) is 11.3 Å². The zero-order valence-electron chi connectivity index (χ0n) is 15.8. The van der Waals surface area contributed by atoms with Crippen molar-refractivity contribution in [2.75, 3.05) is 5.32 Å². The van der Waals surface area contributed by atoms with Crippen molar-refractivity contribution in [3.8, 4) is 5.75 Å².